The first-order valence-corrected chi connectivity index (χ1v) is 5.18. The molecular formula is C9H13N5O4. The highest BCUT2D eigenvalue weighted by Crippen LogP contribution is 2.20. The highest BCUT2D eigenvalue weighted by molar-refractivity contribution is 5.94. The Morgan fingerprint density at radius 1 is 1.56 bits per heavy atom. The Balaban J connectivity index is 2.81. The summed E-state index contributed by atoms with van der Waals surface area (Å²) in [6, 6.07) is -0.995. The molecule has 9 nitrogen and oxygen atoms in total. The number of H-pyrrole nitrogens is 1. The lowest BCUT2D eigenvalue weighted by Gasteiger charge is -2.12. The van der Waals surface area contributed by atoms with Crippen LogP contribution in [0.2, 0.25) is 0 Å². The number of aromatic amines is 1. The van der Waals surface area contributed by atoms with E-state index in [2.05, 4.69) is 25.5 Å². The number of aliphatic hydroxyl groups is 1. The highest BCUT2D eigenvalue weighted by atomic mass is 16.4. The van der Waals surface area contributed by atoms with Crippen molar-refractivity contribution in [1.29, 1.82) is 0 Å². The van der Waals surface area contributed by atoms with Gasteiger partial charge in [0, 0.05) is 6.20 Å². The number of rotatable bonds is 7. The molecule has 0 fully saturated rings. The molecule has 1 heterocycles. The van der Waals surface area contributed by atoms with Crippen LogP contribution in [0.15, 0.2) is 21.7 Å². The molecule has 0 aliphatic carbocycles. The summed E-state index contributed by atoms with van der Waals surface area (Å²) in [5, 5.41) is 26.7. The van der Waals surface area contributed by atoms with E-state index in [1.165, 1.54) is 13.1 Å². The van der Waals surface area contributed by atoms with Gasteiger partial charge in [0.2, 0.25) is 0 Å². The van der Waals surface area contributed by atoms with Crippen LogP contribution < -0.4 is 0 Å². The van der Waals surface area contributed by atoms with Crippen molar-refractivity contribution in [2.45, 2.75) is 25.5 Å². The summed E-state index contributed by atoms with van der Waals surface area (Å²) in [6.07, 6.45) is 0.186. The van der Waals surface area contributed by atoms with Crippen molar-refractivity contribution in [3.05, 3.63) is 27.5 Å². The lowest BCUT2D eigenvalue weighted by atomic mass is 10.1. The number of aliphatic hydroxyl groups excluding tert-OH is 1. The molecule has 98 valence electrons. The van der Waals surface area contributed by atoms with Crippen LogP contribution in [-0.4, -0.2) is 38.6 Å². The summed E-state index contributed by atoms with van der Waals surface area (Å²) in [5.41, 5.74) is 0.419. The number of nitrogens with zero attached hydrogens (tertiary/aromatic N) is 4. The van der Waals surface area contributed by atoms with Gasteiger partial charge in [0.05, 0.1) is 12.2 Å². The van der Waals surface area contributed by atoms with Crippen molar-refractivity contribution in [2.75, 3.05) is 6.54 Å². The maximum absolute atomic E-state index is 10.6. The standard InChI is InChI=1S/C9H13N5O4/c1-5(13-17)9-10-4-7(12-9)8(15)6(14-18)2-3-11-16/h4,6,8,15,17H,2-3H2,1H3,(H,10,12)/b13-5+. The zero-order valence-electron chi connectivity index (χ0n) is 9.65. The molecule has 0 amide bonds. The Kier molecular flexibility index (Phi) is 5.06. The van der Waals surface area contributed by atoms with Crippen LogP contribution in [-0.2, 0) is 0 Å². The Morgan fingerprint density at radius 3 is 2.83 bits per heavy atom. The number of oxime groups is 1. The fourth-order valence-corrected chi connectivity index (χ4v) is 1.37. The van der Waals surface area contributed by atoms with E-state index >= 15 is 0 Å². The second kappa shape index (κ2) is 6.55. The second-order valence-corrected chi connectivity index (χ2v) is 3.62. The quantitative estimate of drug-likeness (QED) is 0.287. The second-order valence-electron chi connectivity index (χ2n) is 3.62. The molecular weight excluding hydrogens is 242 g/mol. The number of imidazole rings is 1. The molecule has 0 saturated heterocycles. The summed E-state index contributed by atoms with van der Waals surface area (Å²) in [5.74, 6) is 0.268. The van der Waals surface area contributed by atoms with Gasteiger partial charge in [-0.15, -0.1) is 0 Å². The third-order valence-corrected chi connectivity index (χ3v) is 2.41. The van der Waals surface area contributed by atoms with Crippen LogP contribution in [0.4, 0.5) is 0 Å². The van der Waals surface area contributed by atoms with Gasteiger partial charge in [-0.3, -0.25) is 0 Å². The average molecular weight is 255 g/mol. The summed E-state index contributed by atoms with van der Waals surface area (Å²) >= 11 is 0. The molecule has 2 unspecified atom stereocenters. The molecule has 2 atom stereocenters. The maximum atomic E-state index is 10.6. The predicted molar refractivity (Wildman–Crippen MR) is 62.4 cm³/mol. The zero-order valence-corrected chi connectivity index (χ0v) is 9.65. The molecule has 1 aromatic rings. The Hall–Kier alpha value is -2.16. The lowest BCUT2D eigenvalue weighted by molar-refractivity contribution is 0.139. The fraction of sp³-hybridized carbons (Fsp3) is 0.556. The van der Waals surface area contributed by atoms with Gasteiger partial charge in [-0.05, 0) is 13.3 Å². The minimum absolute atomic E-state index is 0.0451. The first-order chi connectivity index (χ1) is 8.63. The maximum Gasteiger partial charge on any atom is 0.155 e. The lowest BCUT2D eigenvalue weighted by Crippen LogP contribution is -2.17. The topological polar surface area (TPSA) is 140 Å². The Labute approximate surface area is 102 Å². The van der Waals surface area contributed by atoms with E-state index in [0.717, 1.165) is 0 Å². The molecule has 0 spiro atoms. The van der Waals surface area contributed by atoms with Crippen LogP contribution in [0, 0.1) is 9.81 Å². The molecule has 0 aliphatic rings. The van der Waals surface area contributed by atoms with E-state index in [0.29, 0.717) is 0 Å². The van der Waals surface area contributed by atoms with Gasteiger partial charge < -0.3 is 15.3 Å². The van der Waals surface area contributed by atoms with Crippen molar-refractivity contribution in [1.82, 2.24) is 9.97 Å². The van der Waals surface area contributed by atoms with Crippen LogP contribution in [0.1, 0.15) is 31.0 Å². The van der Waals surface area contributed by atoms with Crippen molar-refractivity contribution in [3.63, 3.8) is 0 Å². The zero-order chi connectivity index (χ0) is 13.5. The SMILES string of the molecule is C/C(=N\O)c1nc(C(O)C(CCN=O)N=O)c[nH]1. The Morgan fingerprint density at radius 2 is 2.28 bits per heavy atom. The van der Waals surface area contributed by atoms with E-state index in [-0.39, 0.29) is 30.2 Å². The van der Waals surface area contributed by atoms with Gasteiger partial charge in [-0.25, -0.2) is 4.98 Å². The summed E-state index contributed by atoms with van der Waals surface area (Å²) in [6.45, 7) is 1.41. The van der Waals surface area contributed by atoms with Crippen molar-refractivity contribution in [3.8, 4) is 0 Å². The molecule has 3 N–H and O–H groups in total. The van der Waals surface area contributed by atoms with Gasteiger partial charge in [0.25, 0.3) is 0 Å². The molecule has 9 heteroatoms. The Bertz CT molecular complexity index is 444. The molecule has 0 radical (unpaired) electrons. The van der Waals surface area contributed by atoms with Crippen molar-refractivity contribution in [2.24, 2.45) is 15.5 Å². The summed E-state index contributed by atoms with van der Waals surface area (Å²) in [7, 11) is 0. The molecule has 1 aromatic heterocycles. The molecule has 18 heavy (non-hydrogen) atoms. The third kappa shape index (κ3) is 3.17. The predicted octanol–water partition coefficient (Wildman–Crippen LogP) is 0.933. The highest BCUT2D eigenvalue weighted by Gasteiger charge is 2.24. The largest absolute Gasteiger partial charge is 0.411 e. The average Bonchev–Trinajstić information content (AvgIpc) is 2.88. The molecule has 0 bridgehead atoms. The number of nitroso groups, excluding NO2 is 2. The number of nitrogens with one attached hydrogen (secondary N) is 1. The number of aromatic nitrogens is 2. The smallest absolute Gasteiger partial charge is 0.155 e. The molecule has 0 aromatic carbocycles. The van der Waals surface area contributed by atoms with E-state index in [1.807, 2.05) is 0 Å². The van der Waals surface area contributed by atoms with Gasteiger partial charge in [-0.1, -0.05) is 15.5 Å². The van der Waals surface area contributed by atoms with E-state index in [1.54, 1.807) is 0 Å². The van der Waals surface area contributed by atoms with E-state index < -0.39 is 12.1 Å². The normalized spacial score (nSPS) is 15.1. The van der Waals surface area contributed by atoms with Crippen LogP contribution in [0.3, 0.4) is 0 Å². The molecule has 0 saturated carbocycles. The third-order valence-electron chi connectivity index (χ3n) is 2.41. The van der Waals surface area contributed by atoms with E-state index in [9.17, 15) is 14.9 Å². The first-order valence-electron chi connectivity index (χ1n) is 5.18. The van der Waals surface area contributed by atoms with Crippen molar-refractivity contribution >= 4 is 5.71 Å². The number of hydrogen-bond acceptors (Lipinski definition) is 8. The van der Waals surface area contributed by atoms with E-state index in [4.69, 9.17) is 5.21 Å². The van der Waals surface area contributed by atoms with Gasteiger partial charge >= 0.3 is 0 Å². The fourth-order valence-electron chi connectivity index (χ4n) is 1.37. The van der Waals surface area contributed by atoms with Gasteiger partial charge in [0.1, 0.15) is 17.9 Å². The van der Waals surface area contributed by atoms with Crippen LogP contribution in [0.5, 0.6) is 0 Å². The summed E-state index contributed by atoms with van der Waals surface area (Å²) < 4.78 is 0. The van der Waals surface area contributed by atoms with Crippen molar-refractivity contribution < 1.29 is 10.3 Å². The van der Waals surface area contributed by atoms with Crippen LogP contribution >= 0.6 is 0 Å². The van der Waals surface area contributed by atoms with Gasteiger partial charge in [0.15, 0.2) is 5.82 Å². The number of hydrogen-bond donors (Lipinski definition) is 3. The minimum Gasteiger partial charge on any atom is -0.411 e. The molecule has 0 aliphatic heterocycles. The first kappa shape index (κ1) is 13.9. The molecule has 1 rings (SSSR count). The monoisotopic (exact) mass is 255 g/mol. The van der Waals surface area contributed by atoms with Gasteiger partial charge in [-0.2, -0.15) is 9.81 Å². The summed E-state index contributed by atoms with van der Waals surface area (Å²) in [4.78, 5) is 27.2. The minimum atomic E-state index is -1.24. The van der Waals surface area contributed by atoms with Crippen LogP contribution in [0.25, 0.3) is 0 Å².